The van der Waals surface area contributed by atoms with E-state index in [0.29, 0.717) is 24.6 Å². The third-order valence-corrected chi connectivity index (χ3v) is 4.65. The molecule has 2 heterocycles. The Balaban J connectivity index is 2.32. The highest BCUT2D eigenvalue weighted by atomic mass is 32.1. The van der Waals surface area contributed by atoms with Crippen LogP contribution in [0.25, 0.3) is 0 Å². The summed E-state index contributed by atoms with van der Waals surface area (Å²) in [6.07, 6.45) is 2.36. The molecule has 6 nitrogen and oxygen atoms in total. The molecule has 1 aliphatic rings. The third kappa shape index (κ3) is 3.41. The average Bonchev–Trinajstić information content (AvgIpc) is 3.03. The summed E-state index contributed by atoms with van der Waals surface area (Å²) in [5.41, 5.74) is 5.60. The number of hydrogen-bond acceptors (Lipinski definition) is 5. The van der Waals surface area contributed by atoms with Gasteiger partial charge in [0, 0.05) is 11.4 Å². The lowest BCUT2D eigenvalue weighted by Gasteiger charge is -2.22. The zero-order chi connectivity index (χ0) is 15.6. The summed E-state index contributed by atoms with van der Waals surface area (Å²) in [6, 6.07) is -0.150. The molecule has 21 heavy (non-hydrogen) atoms. The molecule has 116 valence electrons. The van der Waals surface area contributed by atoms with E-state index in [-0.39, 0.29) is 23.6 Å². The van der Waals surface area contributed by atoms with Crippen LogP contribution >= 0.6 is 11.3 Å². The number of rotatable bonds is 5. The predicted octanol–water partition coefficient (Wildman–Crippen LogP) is 1.04. The van der Waals surface area contributed by atoms with Gasteiger partial charge in [-0.1, -0.05) is 13.8 Å². The lowest BCUT2D eigenvalue weighted by molar-refractivity contribution is 0.0671. The zero-order valence-electron chi connectivity index (χ0n) is 12.3. The van der Waals surface area contributed by atoms with E-state index in [2.05, 4.69) is 4.98 Å². The van der Waals surface area contributed by atoms with Crippen molar-refractivity contribution < 1.29 is 14.7 Å². The molecule has 3 N–H and O–H groups in total. The van der Waals surface area contributed by atoms with Crippen molar-refractivity contribution in [3.63, 3.8) is 0 Å². The third-order valence-electron chi connectivity index (χ3n) is 3.55. The van der Waals surface area contributed by atoms with Gasteiger partial charge in [-0.2, -0.15) is 0 Å². The van der Waals surface area contributed by atoms with Gasteiger partial charge in [-0.3, -0.25) is 9.59 Å². The summed E-state index contributed by atoms with van der Waals surface area (Å²) < 4.78 is 0. The van der Waals surface area contributed by atoms with E-state index in [1.807, 2.05) is 13.8 Å². The molecule has 1 unspecified atom stereocenters. The second kappa shape index (κ2) is 6.53. The highest BCUT2D eigenvalue weighted by Gasteiger charge is 2.32. The van der Waals surface area contributed by atoms with Crippen LogP contribution in [0.15, 0.2) is 0 Å². The second-order valence-corrected chi connectivity index (χ2v) is 6.81. The van der Waals surface area contributed by atoms with Gasteiger partial charge in [-0.05, 0) is 25.2 Å². The monoisotopic (exact) mass is 311 g/mol. The molecular formula is C14H21N3O3S. The lowest BCUT2D eigenvalue weighted by Crippen LogP contribution is -2.38. The summed E-state index contributed by atoms with van der Waals surface area (Å²) in [7, 11) is 0. The molecule has 7 heteroatoms. The summed E-state index contributed by atoms with van der Waals surface area (Å²) in [4.78, 5) is 30.6. The predicted molar refractivity (Wildman–Crippen MR) is 80.3 cm³/mol. The maximum absolute atomic E-state index is 12.7. The molecule has 1 aromatic heterocycles. The lowest BCUT2D eigenvalue weighted by atomic mass is 10.1. The van der Waals surface area contributed by atoms with Crippen molar-refractivity contribution in [3.05, 3.63) is 15.6 Å². The molecule has 1 fully saturated rings. The van der Waals surface area contributed by atoms with E-state index in [9.17, 15) is 14.7 Å². The quantitative estimate of drug-likeness (QED) is 0.849. The van der Waals surface area contributed by atoms with Gasteiger partial charge in [-0.25, -0.2) is 4.98 Å². The number of aromatic nitrogens is 1. The summed E-state index contributed by atoms with van der Waals surface area (Å²) in [6.45, 7) is 4.67. The molecule has 1 saturated heterocycles. The number of aliphatic hydroxyl groups excluding tert-OH is 1. The standard InChI is InChI=1S/C14H21N3O3S/c1-8(2)6-10-11(16-13(21-10)12(15)19)14(20)17-5-3-4-9(17)7-18/h8-9,18H,3-7H2,1-2H3,(H2,15,19). The molecule has 0 aliphatic carbocycles. The van der Waals surface area contributed by atoms with Crippen LogP contribution in [0.4, 0.5) is 0 Å². The molecular weight excluding hydrogens is 290 g/mol. The Bertz CT molecular complexity index is 542. The van der Waals surface area contributed by atoms with Gasteiger partial charge in [-0.15, -0.1) is 11.3 Å². The number of primary amides is 1. The van der Waals surface area contributed by atoms with Crippen LogP contribution in [0, 0.1) is 5.92 Å². The number of hydrogen-bond donors (Lipinski definition) is 2. The first kappa shape index (κ1) is 15.9. The molecule has 0 bridgehead atoms. The number of carbonyl (C=O) groups excluding carboxylic acids is 2. The van der Waals surface area contributed by atoms with Crippen LogP contribution in [0.3, 0.4) is 0 Å². The summed E-state index contributed by atoms with van der Waals surface area (Å²) >= 11 is 1.20. The van der Waals surface area contributed by atoms with Crippen LogP contribution in [0.1, 0.15) is 51.9 Å². The number of aliphatic hydroxyl groups is 1. The maximum atomic E-state index is 12.7. The Kier molecular flexibility index (Phi) is 4.95. The fraction of sp³-hybridized carbons (Fsp3) is 0.643. The fourth-order valence-electron chi connectivity index (χ4n) is 2.56. The van der Waals surface area contributed by atoms with E-state index in [0.717, 1.165) is 17.7 Å². The Morgan fingerprint density at radius 3 is 2.81 bits per heavy atom. The maximum Gasteiger partial charge on any atom is 0.277 e. The van der Waals surface area contributed by atoms with Gasteiger partial charge in [0.1, 0.15) is 5.69 Å². The van der Waals surface area contributed by atoms with Gasteiger partial charge in [0.2, 0.25) is 0 Å². The van der Waals surface area contributed by atoms with Crippen molar-refractivity contribution in [1.82, 2.24) is 9.88 Å². The number of amides is 2. The first-order valence-electron chi connectivity index (χ1n) is 7.15. The Hall–Kier alpha value is -1.47. The molecule has 0 saturated carbocycles. The normalized spacial score (nSPS) is 18.5. The number of thiazole rings is 1. The van der Waals surface area contributed by atoms with Crippen LogP contribution in [-0.2, 0) is 6.42 Å². The van der Waals surface area contributed by atoms with Gasteiger partial charge >= 0.3 is 0 Å². The number of nitrogens with zero attached hydrogens (tertiary/aromatic N) is 2. The number of carbonyl (C=O) groups is 2. The molecule has 1 atom stereocenters. The minimum absolute atomic E-state index is 0.0436. The van der Waals surface area contributed by atoms with Crippen molar-refractivity contribution in [1.29, 1.82) is 0 Å². The van der Waals surface area contributed by atoms with E-state index >= 15 is 0 Å². The molecule has 0 aromatic carbocycles. The molecule has 0 spiro atoms. The molecule has 1 aromatic rings. The van der Waals surface area contributed by atoms with Crippen LogP contribution in [0.5, 0.6) is 0 Å². The van der Waals surface area contributed by atoms with E-state index < -0.39 is 5.91 Å². The van der Waals surface area contributed by atoms with Crippen LogP contribution in [0.2, 0.25) is 0 Å². The van der Waals surface area contributed by atoms with Crippen molar-refractivity contribution >= 4 is 23.2 Å². The van der Waals surface area contributed by atoms with Crippen molar-refractivity contribution in [3.8, 4) is 0 Å². The SMILES string of the molecule is CC(C)Cc1sc(C(N)=O)nc1C(=O)N1CCCC1CO. The van der Waals surface area contributed by atoms with E-state index in [1.165, 1.54) is 11.3 Å². The Morgan fingerprint density at radius 1 is 1.52 bits per heavy atom. The van der Waals surface area contributed by atoms with Gasteiger partial charge in [0.05, 0.1) is 12.6 Å². The smallest absolute Gasteiger partial charge is 0.277 e. The highest BCUT2D eigenvalue weighted by molar-refractivity contribution is 7.13. The van der Waals surface area contributed by atoms with Crippen molar-refractivity contribution in [2.45, 2.75) is 39.2 Å². The van der Waals surface area contributed by atoms with Crippen molar-refractivity contribution in [2.24, 2.45) is 11.7 Å². The number of likely N-dealkylation sites (tertiary alicyclic amines) is 1. The Labute approximate surface area is 128 Å². The summed E-state index contributed by atoms with van der Waals surface area (Å²) in [5, 5.41) is 9.53. The van der Waals surface area contributed by atoms with E-state index in [4.69, 9.17) is 5.73 Å². The fourth-order valence-corrected chi connectivity index (χ4v) is 3.68. The minimum atomic E-state index is -0.607. The molecule has 2 rings (SSSR count). The van der Waals surface area contributed by atoms with Gasteiger partial charge in [0.15, 0.2) is 5.01 Å². The summed E-state index contributed by atoms with van der Waals surface area (Å²) in [5.74, 6) is -0.458. The second-order valence-electron chi connectivity index (χ2n) is 5.73. The highest BCUT2D eigenvalue weighted by Crippen LogP contribution is 2.26. The molecule has 1 aliphatic heterocycles. The largest absolute Gasteiger partial charge is 0.394 e. The van der Waals surface area contributed by atoms with E-state index in [1.54, 1.807) is 4.90 Å². The molecule has 2 amide bonds. The Morgan fingerprint density at radius 2 is 2.24 bits per heavy atom. The van der Waals surface area contributed by atoms with Crippen LogP contribution in [-0.4, -0.2) is 46.0 Å². The minimum Gasteiger partial charge on any atom is -0.394 e. The first-order chi connectivity index (χ1) is 9.93. The van der Waals surface area contributed by atoms with Gasteiger partial charge < -0.3 is 15.7 Å². The molecule has 0 radical (unpaired) electrons. The van der Waals surface area contributed by atoms with Gasteiger partial charge in [0.25, 0.3) is 11.8 Å². The number of nitrogens with two attached hydrogens (primary N) is 1. The van der Waals surface area contributed by atoms with Crippen molar-refractivity contribution in [2.75, 3.05) is 13.2 Å². The first-order valence-corrected chi connectivity index (χ1v) is 7.97. The zero-order valence-corrected chi connectivity index (χ0v) is 13.2. The topological polar surface area (TPSA) is 96.5 Å². The van der Waals surface area contributed by atoms with Crippen LogP contribution < -0.4 is 5.73 Å². The average molecular weight is 311 g/mol.